The summed E-state index contributed by atoms with van der Waals surface area (Å²) in [5, 5.41) is 13.4. The minimum absolute atomic E-state index is 0.0350. The number of hydrogen-bond donors (Lipinski definition) is 3. The number of halogens is 2. The average Bonchev–Trinajstić information content (AvgIpc) is 2.31. The van der Waals surface area contributed by atoms with Crippen LogP contribution in [-0.4, -0.2) is 23.1 Å². The van der Waals surface area contributed by atoms with E-state index in [4.69, 9.17) is 5.11 Å². The van der Waals surface area contributed by atoms with Crippen LogP contribution in [0.1, 0.15) is 19.8 Å². The molecule has 0 radical (unpaired) electrons. The summed E-state index contributed by atoms with van der Waals surface area (Å²) < 4.78 is 14.0. The van der Waals surface area contributed by atoms with Crippen LogP contribution >= 0.6 is 15.9 Å². The number of carboxylic acids is 1. The zero-order valence-corrected chi connectivity index (χ0v) is 11.8. The molecule has 0 aromatic heterocycles. The molecule has 0 fully saturated rings. The smallest absolute Gasteiger partial charge is 0.319 e. The van der Waals surface area contributed by atoms with Crippen LogP contribution in [0.2, 0.25) is 0 Å². The Morgan fingerprint density at radius 3 is 2.79 bits per heavy atom. The van der Waals surface area contributed by atoms with Gasteiger partial charge in [-0.1, -0.05) is 15.9 Å². The predicted molar refractivity (Wildman–Crippen MR) is 72.6 cm³/mol. The Morgan fingerprint density at radius 2 is 2.16 bits per heavy atom. The Kier molecular flexibility index (Phi) is 5.75. The van der Waals surface area contributed by atoms with E-state index in [1.165, 1.54) is 18.2 Å². The first-order chi connectivity index (χ1) is 8.88. The van der Waals surface area contributed by atoms with Gasteiger partial charge < -0.3 is 15.7 Å². The molecular weight excluding hydrogens is 319 g/mol. The molecule has 0 saturated carbocycles. The van der Waals surface area contributed by atoms with Crippen LogP contribution in [0.5, 0.6) is 0 Å². The first-order valence-corrected chi connectivity index (χ1v) is 6.42. The lowest BCUT2D eigenvalue weighted by atomic mass is 10.2. The molecule has 1 aromatic rings. The molecule has 1 aromatic carbocycles. The highest BCUT2D eigenvalue weighted by molar-refractivity contribution is 9.10. The first kappa shape index (κ1) is 15.4. The summed E-state index contributed by atoms with van der Waals surface area (Å²) in [6, 6.07) is 3.30. The number of carbonyl (C=O) groups excluding carboxylic acids is 1. The maximum Gasteiger partial charge on any atom is 0.319 e. The zero-order valence-electron chi connectivity index (χ0n) is 10.2. The standard InChI is InChI=1S/C12H14BrFN2O3/c1-7(2-5-11(17)18)15-12(19)16-10-6-8(13)3-4-9(10)14/h3-4,6-7H,2,5H2,1H3,(H,17,18)(H2,15,16,19). The molecule has 2 amide bonds. The van der Waals surface area contributed by atoms with Crippen molar-refractivity contribution in [2.75, 3.05) is 5.32 Å². The summed E-state index contributed by atoms with van der Waals surface area (Å²) in [6.07, 6.45) is 0.274. The van der Waals surface area contributed by atoms with Gasteiger partial charge in [-0.25, -0.2) is 9.18 Å². The number of nitrogens with one attached hydrogen (secondary N) is 2. The molecule has 0 aliphatic heterocycles. The fourth-order valence-corrected chi connectivity index (χ4v) is 1.75. The number of carboxylic acid groups (broad SMARTS) is 1. The molecule has 1 atom stereocenters. The van der Waals surface area contributed by atoms with Crippen LogP contribution in [0.3, 0.4) is 0 Å². The molecular formula is C12H14BrFN2O3. The van der Waals surface area contributed by atoms with Crippen molar-refractivity contribution in [1.82, 2.24) is 5.32 Å². The normalized spacial score (nSPS) is 11.7. The number of rotatable bonds is 5. The lowest BCUT2D eigenvalue weighted by Crippen LogP contribution is -2.36. The Bertz CT molecular complexity index is 482. The monoisotopic (exact) mass is 332 g/mol. The molecule has 0 spiro atoms. The second kappa shape index (κ2) is 7.08. The fourth-order valence-electron chi connectivity index (χ4n) is 1.39. The van der Waals surface area contributed by atoms with Crippen LogP contribution in [0.4, 0.5) is 14.9 Å². The third-order valence-corrected chi connectivity index (χ3v) is 2.84. The summed E-state index contributed by atoms with van der Waals surface area (Å²) >= 11 is 3.17. The second-order valence-corrected chi connectivity index (χ2v) is 4.97. The predicted octanol–water partition coefficient (Wildman–Crippen LogP) is 2.96. The molecule has 0 aliphatic rings. The average molecular weight is 333 g/mol. The largest absolute Gasteiger partial charge is 0.481 e. The van der Waals surface area contributed by atoms with E-state index in [0.717, 1.165) is 0 Å². The van der Waals surface area contributed by atoms with Gasteiger partial charge in [-0.15, -0.1) is 0 Å². The molecule has 1 unspecified atom stereocenters. The molecule has 0 heterocycles. The first-order valence-electron chi connectivity index (χ1n) is 5.63. The quantitative estimate of drug-likeness (QED) is 0.775. The van der Waals surface area contributed by atoms with Gasteiger partial charge in [-0.05, 0) is 31.5 Å². The third kappa shape index (κ3) is 5.69. The lowest BCUT2D eigenvalue weighted by Gasteiger charge is -2.14. The highest BCUT2D eigenvalue weighted by Gasteiger charge is 2.11. The van der Waals surface area contributed by atoms with Crippen molar-refractivity contribution in [3.05, 3.63) is 28.5 Å². The van der Waals surface area contributed by atoms with E-state index in [1.807, 2.05) is 0 Å². The Morgan fingerprint density at radius 1 is 1.47 bits per heavy atom. The van der Waals surface area contributed by atoms with E-state index < -0.39 is 17.8 Å². The van der Waals surface area contributed by atoms with Crippen molar-refractivity contribution in [2.24, 2.45) is 0 Å². The molecule has 0 saturated heterocycles. The van der Waals surface area contributed by atoms with Gasteiger partial charge >= 0.3 is 12.0 Å². The van der Waals surface area contributed by atoms with Gasteiger partial charge in [0.1, 0.15) is 5.82 Å². The van der Waals surface area contributed by atoms with Crippen LogP contribution < -0.4 is 10.6 Å². The van der Waals surface area contributed by atoms with Crippen LogP contribution in [0.15, 0.2) is 22.7 Å². The summed E-state index contributed by atoms with van der Waals surface area (Å²) in [6.45, 7) is 1.68. The Labute approximate surface area is 118 Å². The number of aliphatic carboxylic acids is 1. The summed E-state index contributed by atoms with van der Waals surface area (Å²) in [7, 11) is 0. The molecule has 5 nitrogen and oxygen atoms in total. The van der Waals surface area contributed by atoms with Crippen molar-refractivity contribution < 1.29 is 19.1 Å². The number of amides is 2. The highest BCUT2D eigenvalue weighted by atomic mass is 79.9. The number of carbonyl (C=O) groups is 2. The van der Waals surface area contributed by atoms with Gasteiger partial charge in [0.15, 0.2) is 0 Å². The van der Waals surface area contributed by atoms with E-state index in [-0.39, 0.29) is 18.2 Å². The van der Waals surface area contributed by atoms with Crippen LogP contribution in [-0.2, 0) is 4.79 Å². The number of anilines is 1. The van der Waals surface area contributed by atoms with Gasteiger partial charge in [-0.2, -0.15) is 0 Å². The van der Waals surface area contributed by atoms with Crippen molar-refractivity contribution in [3.63, 3.8) is 0 Å². The van der Waals surface area contributed by atoms with E-state index in [9.17, 15) is 14.0 Å². The van der Waals surface area contributed by atoms with E-state index in [2.05, 4.69) is 26.6 Å². The van der Waals surface area contributed by atoms with Gasteiger partial charge in [0.05, 0.1) is 5.69 Å². The minimum atomic E-state index is -0.924. The molecule has 7 heteroatoms. The summed E-state index contributed by atoms with van der Waals surface area (Å²) in [5.41, 5.74) is 0.0531. The minimum Gasteiger partial charge on any atom is -0.481 e. The van der Waals surface area contributed by atoms with Gasteiger partial charge in [0, 0.05) is 16.9 Å². The van der Waals surface area contributed by atoms with Gasteiger partial charge in [-0.3, -0.25) is 4.79 Å². The molecule has 19 heavy (non-hydrogen) atoms. The number of urea groups is 1. The van der Waals surface area contributed by atoms with E-state index in [0.29, 0.717) is 10.9 Å². The van der Waals surface area contributed by atoms with E-state index in [1.54, 1.807) is 6.92 Å². The molecule has 0 bridgehead atoms. The molecule has 1 rings (SSSR count). The van der Waals surface area contributed by atoms with Crippen molar-refractivity contribution >= 4 is 33.6 Å². The maximum absolute atomic E-state index is 13.4. The molecule has 0 aliphatic carbocycles. The zero-order chi connectivity index (χ0) is 14.4. The topological polar surface area (TPSA) is 78.4 Å². The Balaban J connectivity index is 2.50. The maximum atomic E-state index is 13.4. The van der Waals surface area contributed by atoms with Crippen molar-refractivity contribution in [1.29, 1.82) is 0 Å². The fraction of sp³-hybridized carbons (Fsp3) is 0.333. The second-order valence-electron chi connectivity index (χ2n) is 4.06. The van der Waals surface area contributed by atoms with Gasteiger partial charge in [0.2, 0.25) is 0 Å². The van der Waals surface area contributed by atoms with Crippen LogP contribution in [0, 0.1) is 5.82 Å². The third-order valence-electron chi connectivity index (χ3n) is 2.35. The SMILES string of the molecule is CC(CCC(=O)O)NC(=O)Nc1cc(Br)ccc1F. The van der Waals surface area contributed by atoms with Crippen LogP contribution in [0.25, 0.3) is 0 Å². The Hall–Kier alpha value is -1.63. The number of benzene rings is 1. The molecule has 3 N–H and O–H groups in total. The summed E-state index contributed by atoms with van der Waals surface area (Å²) in [4.78, 5) is 22.0. The van der Waals surface area contributed by atoms with Crippen molar-refractivity contribution in [2.45, 2.75) is 25.8 Å². The van der Waals surface area contributed by atoms with Gasteiger partial charge in [0.25, 0.3) is 0 Å². The highest BCUT2D eigenvalue weighted by Crippen LogP contribution is 2.19. The van der Waals surface area contributed by atoms with E-state index >= 15 is 0 Å². The molecule has 104 valence electrons. The number of hydrogen-bond acceptors (Lipinski definition) is 2. The summed E-state index contributed by atoms with van der Waals surface area (Å²) in [5.74, 6) is -1.47. The lowest BCUT2D eigenvalue weighted by molar-refractivity contribution is -0.137. The van der Waals surface area contributed by atoms with Crippen molar-refractivity contribution in [3.8, 4) is 0 Å².